The molecule has 1 aliphatic rings. The van der Waals surface area contributed by atoms with Gasteiger partial charge in [0.15, 0.2) is 0 Å². The number of esters is 1. The van der Waals surface area contributed by atoms with Crippen LogP contribution in [0.5, 0.6) is 0 Å². The van der Waals surface area contributed by atoms with E-state index in [4.69, 9.17) is 25.2 Å². The third-order valence-corrected chi connectivity index (χ3v) is 3.25. The minimum atomic E-state index is -1.03. The van der Waals surface area contributed by atoms with E-state index in [1.165, 1.54) is 14.2 Å². The van der Waals surface area contributed by atoms with Crippen molar-refractivity contribution in [1.29, 1.82) is 5.26 Å². The Hall–Kier alpha value is -1.84. The summed E-state index contributed by atoms with van der Waals surface area (Å²) in [4.78, 5) is 11.6. The summed E-state index contributed by atoms with van der Waals surface area (Å²) in [7, 11) is 3.00. The number of nitrogens with zero attached hydrogens (tertiary/aromatic N) is 1. The van der Waals surface area contributed by atoms with Crippen molar-refractivity contribution in [3.8, 4) is 6.07 Å². The summed E-state index contributed by atoms with van der Waals surface area (Å²) in [6.45, 7) is 1.96. The summed E-state index contributed by atoms with van der Waals surface area (Å²) < 4.78 is 15.5. The quantitative estimate of drug-likeness (QED) is 0.581. The van der Waals surface area contributed by atoms with E-state index in [0.29, 0.717) is 12.1 Å². The maximum atomic E-state index is 11.6. The zero-order chi connectivity index (χ0) is 15.2. The first-order valence-electron chi connectivity index (χ1n) is 6.35. The normalized spacial score (nSPS) is 18.5. The lowest BCUT2D eigenvalue weighted by atomic mass is 9.90. The molecule has 0 spiro atoms. The van der Waals surface area contributed by atoms with E-state index >= 15 is 0 Å². The zero-order valence-corrected chi connectivity index (χ0v) is 12.0. The average Bonchev–Trinajstić information content (AvgIpc) is 2.46. The summed E-state index contributed by atoms with van der Waals surface area (Å²) in [5, 5.41) is 9.07. The molecule has 1 aliphatic carbocycles. The molecule has 1 unspecified atom stereocenters. The molecular formula is C14H20N2O4. The van der Waals surface area contributed by atoms with Gasteiger partial charge in [-0.3, -0.25) is 4.79 Å². The fourth-order valence-corrected chi connectivity index (χ4v) is 2.08. The molecule has 0 aliphatic heterocycles. The molecule has 1 rings (SSSR count). The minimum absolute atomic E-state index is 0.253. The van der Waals surface area contributed by atoms with Crippen molar-refractivity contribution in [2.24, 2.45) is 11.7 Å². The smallest absolute Gasteiger partial charge is 0.323 e. The van der Waals surface area contributed by atoms with E-state index in [1.807, 2.05) is 6.07 Å². The van der Waals surface area contributed by atoms with E-state index in [-0.39, 0.29) is 13.0 Å². The number of rotatable bonds is 6. The number of ether oxygens (including phenoxy) is 3. The van der Waals surface area contributed by atoms with Crippen LogP contribution in [0.1, 0.15) is 19.8 Å². The molecule has 0 aromatic rings. The van der Waals surface area contributed by atoms with E-state index in [0.717, 1.165) is 5.57 Å². The van der Waals surface area contributed by atoms with Crippen molar-refractivity contribution < 1.29 is 19.0 Å². The Labute approximate surface area is 118 Å². The van der Waals surface area contributed by atoms with Gasteiger partial charge in [0.2, 0.25) is 5.79 Å². The molecule has 0 bridgehead atoms. The Bertz CT molecular complexity index is 458. The molecule has 1 atom stereocenters. The van der Waals surface area contributed by atoms with Crippen molar-refractivity contribution in [3.05, 3.63) is 23.4 Å². The summed E-state index contributed by atoms with van der Waals surface area (Å²) in [6, 6.07) is 1.96. The number of carbonyl (C=O) groups is 1. The van der Waals surface area contributed by atoms with Gasteiger partial charge in [-0.25, -0.2) is 0 Å². The Kier molecular flexibility index (Phi) is 5.74. The van der Waals surface area contributed by atoms with Crippen LogP contribution in [0.15, 0.2) is 23.4 Å². The number of nitriles is 1. The van der Waals surface area contributed by atoms with Crippen LogP contribution in [-0.2, 0) is 19.0 Å². The van der Waals surface area contributed by atoms with Crippen LogP contribution in [0.3, 0.4) is 0 Å². The molecule has 2 N–H and O–H groups in total. The van der Waals surface area contributed by atoms with Crippen molar-refractivity contribution in [3.63, 3.8) is 0 Å². The highest BCUT2D eigenvalue weighted by Gasteiger charge is 2.37. The molecule has 0 heterocycles. The largest absolute Gasteiger partial charge is 0.465 e. The molecule has 0 amide bonds. The molecule has 0 aromatic carbocycles. The highest BCUT2D eigenvalue weighted by atomic mass is 16.7. The molecule has 110 valence electrons. The molecule has 6 nitrogen and oxygen atoms in total. The van der Waals surface area contributed by atoms with Crippen LogP contribution in [0.4, 0.5) is 0 Å². The fourth-order valence-electron chi connectivity index (χ4n) is 2.08. The van der Waals surface area contributed by atoms with Crippen molar-refractivity contribution in [2.75, 3.05) is 20.8 Å². The average molecular weight is 280 g/mol. The first-order valence-corrected chi connectivity index (χ1v) is 6.35. The lowest BCUT2D eigenvalue weighted by Crippen LogP contribution is -2.41. The second-order valence-electron chi connectivity index (χ2n) is 4.42. The van der Waals surface area contributed by atoms with Crippen molar-refractivity contribution >= 4 is 5.97 Å². The van der Waals surface area contributed by atoms with Gasteiger partial charge in [0, 0.05) is 20.6 Å². The van der Waals surface area contributed by atoms with Gasteiger partial charge >= 0.3 is 5.97 Å². The van der Waals surface area contributed by atoms with E-state index < -0.39 is 17.7 Å². The van der Waals surface area contributed by atoms with Gasteiger partial charge in [-0.2, -0.15) is 5.26 Å². The molecule has 0 saturated carbocycles. The number of methoxy groups -OCH3 is 2. The third-order valence-electron chi connectivity index (χ3n) is 3.25. The first-order chi connectivity index (χ1) is 9.52. The lowest BCUT2D eigenvalue weighted by Gasteiger charge is -2.34. The zero-order valence-electron chi connectivity index (χ0n) is 12.0. The molecule has 6 heteroatoms. The number of hydrogen-bond acceptors (Lipinski definition) is 6. The lowest BCUT2D eigenvalue weighted by molar-refractivity contribution is -0.179. The van der Waals surface area contributed by atoms with Crippen LogP contribution in [-0.4, -0.2) is 32.6 Å². The van der Waals surface area contributed by atoms with Crippen LogP contribution >= 0.6 is 0 Å². The van der Waals surface area contributed by atoms with Gasteiger partial charge in [-0.05, 0) is 19.4 Å². The van der Waals surface area contributed by atoms with Crippen LogP contribution < -0.4 is 5.73 Å². The van der Waals surface area contributed by atoms with Gasteiger partial charge in [0.05, 0.1) is 18.4 Å². The molecular weight excluding hydrogens is 260 g/mol. The molecule has 0 radical (unpaired) electrons. The third kappa shape index (κ3) is 3.38. The Morgan fingerprint density at radius 1 is 1.50 bits per heavy atom. The summed E-state index contributed by atoms with van der Waals surface area (Å²) in [5.41, 5.74) is 7.18. The highest BCUT2D eigenvalue weighted by Crippen LogP contribution is 2.33. The monoisotopic (exact) mass is 280 g/mol. The van der Waals surface area contributed by atoms with Gasteiger partial charge in [-0.1, -0.05) is 11.6 Å². The Balaban J connectivity index is 2.84. The van der Waals surface area contributed by atoms with E-state index in [2.05, 4.69) is 0 Å². The number of allylic oxidation sites excluding steroid dienone is 2. The molecule has 0 aromatic heterocycles. The maximum Gasteiger partial charge on any atom is 0.323 e. The first kappa shape index (κ1) is 16.2. The van der Waals surface area contributed by atoms with Gasteiger partial charge in [-0.15, -0.1) is 0 Å². The number of nitrogens with two attached hydrogens (primary N) is 1. The van der Waals surface area contributed by atoms with Gasteiger partial charge in [0.25, 0.3) is 0 Å². The van der Waals surface area contributed by atoms with E-state index in [1.54, 1.807) is 19.1 Å². The molecule has 0 saturated heterocycles. The predicted octanol–water partition coefficient (Wildman–Crippen LogP) is 1.24. The maximum absolute atomic E-state index is 11.6. The Morgan fingerprint density at radius 2 is 2.15 bits per heavy atom. The topological polar surface area (TPSA) is 94.6 Å². The van der Waals surface area contributed by atoms with Crippen LogP contribution in [0, 0.1) is 17.2 Å². The number of carbonyl (C=O) groups excluding carboxylic acids is 1. The second-order valence-corrected chi connectivity index (χ2v) is 4.42. The highest BCUT2D eigenvalue weighted by molar-refractivity contribution is 5.75. The van der Waals surface area contributed by atoms with Crippen LogP contribution in [0.2, 0.25) is 0 Å². The van der Waals surface area contributed by atoms with Crippen molar-refractivity contribution in [2.45, 2.75) is 25.6 Å². The van der Waals surface area contributed by atoms with Crippen molar-refractivity contribution in [1.82, 2.24) is 0 Å². The standard InChI is InChI=1S/C14H20N2O4/c1-4-20-13(17)11(9-15)7-10-5-6-12(16)14(8-10,18-2)19-3/h5-6,11H,4,7-8,16H2,1-3H3. The summed E-state index contributed by atoms with van der Waals surface area (Å²) in [5.74, 6) is -2.38. The van der Waals surface area contributed by atoms with Gasteiger partial charge in [0.1, 0.15) is 5.92 Å². The summed E-state index contributed by atoms with van der Waals surface area (Å²) in [6.07, 6.45) is 4.11. The fraction of sp³-hybridized carbons (Fsp3) is 0.571. The molecule has 20 heavy (non-hydrogen) atoms. The number of hydrogen-bond donors (Lipinski definition) is 1. The predicted molar refractivity (Wildman–Crippen MR) is 72.1 cm³/mol. The summed E-state index contributed by atoms with van der Waals surface area (Å²) >= 11 is 0. The van der Waals surface area contributed by atoms with Crippen LogP contribution in [0.25, 0.3) is 0 Å². The molecule has 0 fully saturated rings. The van der Waals surface area contributed by atoms with E-state index in [9.17, 15) is 4.79 Å². The van der Waals surface area contributed by atoms with Gasteiger partial charge < -0.3 is 19.9 Å². The minimum Gasteiger partial charge on any atom is -0.465 e. The SMILES string of the molecule is CCOC(=O)C(C#N)CC1=CC=C(N)C(OC)(OC)C1. The second kappa shape index (κ2) is 7.08. The Morgan fingerprint density at radius 3 is 2.65 bits per heavy atom.